The largest absolute Gasteiger partial charge is 0.497 e. The first kappa shape index (κ1) is 25.4. The van der Waals surface area contributed by atoms with Crippen LogP contribution in [0.15, 0.2) is 36.4 Å². The van der Waals surface area contributed by atoms with Crippen molar-refractivity contribution in [1.29, 1.82) is 0 Å². The number of carbonyl (C=O) groups excluding carboxylic acids is 1. The van der Waals surface area contributed by atoms with E-state index in [9.17, 15) is 4.79 Å². The van der Waals surface area contributed by atoms with Gasteiger partial charge in [-0.3, -0.25) is 9.48 Å². The minimum absolute atomic E-state index is 0.0182. The number of rotatable bonds is 6. The standard InChI is InChI=1S/C29H32N4O5/c1-17-9-24(30-28-23(17)13-22(35-4)14-25(28)36-5)20-11-21-15-32(7-8-38-29(21)26(12-20)37-6)27(34)16-33-19(3)10-18(2)31-33/h9-14H,7-8,15-16H2,1-6H3. The van der Waals surface area contributed by atoms with Crippen LogP contribution in [0, 0.1) is 20.8 Å². The van der Waals surface area contributed by atoms with Crippen molar-refractivity contribution in [2.24, 2.45) is 0 Å². The summed E-state index contributed by atoms with van der Waals surface area (Å²) < 4.78 is 24.6. The molecule has 0 aliphatic carbocycles. The van der Waals surface area contributed by atoms with Gasteiger partial charge in [0, 0.05) is 34.8 Å². The van der Waals surface area contributed by atoms with Crippen molar-refractivity contribution in [1.82, 2.24) is 19.7 Å². The molecule has 1 aliphatic heterocycles. The Morgan fingerprint density at radius 3 is 2.45 bits per heavy atom. The van der Waals surface area contributed by atoms with Crippen molar-refractivity contribution in [2.45, 2.75) is 33.9 Å². The SMILES string of the molecule is COc1cc(OC)c2nc(-c3cc4c(c(OC)c3)OCCN(C(=O)Cn3nc(C)cc3C)C4)cc(C)c2c1. The summed E-state index contributed by atoms with van der Waals surface area (Å²) in [5, 5.41) is 5.40. The molecule has 2 aromatic carbocycles. The first-order valence-electron chi connectivity index (χ1n) is 12.5. The van der Waals surface area contributed by atoms with Gasteiger partial charge in [-0.05, 0) is 56.7 Å². The second kappa shape index (κ2) is 10.2. The molecule has 0 bridgehead atoms. The van der Waals surface area contributed by atoms with Crippen LogP contribution in [0.5, 0.6) is 23.0 Å². The third-order valence-electron chi connectivity index (χ3n) is 6.87. The van der Waals surface area contributed by atoms with E-state index in [2.05, 4.69) is 5.10 Å². The Kier molecular flexibility index (Phi) is 6.84. The zero-order valence-corrected chi connectivity index (χ0v) is 22.6. The number of benzene rings is 2. The predicted octanol–water partition coefficient (Wildman–Crippen LogP) is 4.47. The van der Waals surface area contributed by atoms with Gasteiger partial charge in [-0.1, -0.05) is 0 Å². The lowest BCUT2D eigenvalue weighted by Gasteiger charge is -2.21. The molecule has 9 nitrogen and oxygen atoms in total. The smallest absolute Gasteiger partial charge is 0.244 e. The van der Waals surface area contributed by atoms with Crippen molar-refractivity contribution in [3.05, 3.63) is 58.9 Å². The van der Waals surface area contributed by atoms with Crippen LogP contribution in [0.1, 0.15) is 22.5 Å². The number of hydrogen-bond acceptors (Lipinski definition) is 7. The average Bonchev–Trinajstić information content (AvgIpc) is 3.09. The number of aryl methyl sites for hydroxylation is 3. The van der Waals surface area contributed by atoms with Gasteiger partial charge >= 0.3 is 0 Å². The molecule has 9 heteroatoms. The summed E-state index contributed by atoms with van der Waals surface area (Å²) in [5.74, 6) is 2.58. The molecule has 3 heterocycles. The molecular weight excluding hydrogens is 484 g/mol. The Labute approximate surface area is 221 Å². The molecule has 4 aromatic rings. The number of fused-ring (bicyclic) bond motifs is 2. The summed E-state index contributed by atoms with van der Waals surface area (Å²) in [6.45, 7) is 7.33. The fourth-order valence-electron chi connectivity index (χ4n) is 4.91. The van der Waals surface area contributed by atoms with Crippen molar-refractivity contribution in [2.75, 3.05) is 34.5 Å². The van der Waals surface area contributed by atoms with Crippen molar-refractivity contribution < 1.29 is 23.7 Å². The first-order valence-corrected chi connectivity index (χ1v) is 12.5. The molecule has 0 saturated heterocycles. The molecule has 0 radical (unpaired) electrons. The number of amides is 1. The second-order valence-corrected chi connectivity index (χ2v) is 9.47. The Morgan fingerprint density at radius 2 is 1.76 bits per heavy atom. The highest BCUT2D eigenvalue weighted by atomic mass is 16.5. The van der Waals surface area contributed by atoms with Gasteiger partial charge < -0.3 is 23.8 Å². The average molecular weight is 517 g/mol. The van der Waals surface area contributed by atoms with Crippen LogP contribution in [0.4, 0.5) is 0 Å². The lowest BCUT2D eigenvalue weighted by atomic mass is 10.0. The highest BCUT2D eigenvalue weighted by Crippen LogP contribution is 2.40. The molecule has 38 heavy (non-hydrogen) atoms. The summed E-state index contributed by atoms with van der Waals surface area (Å²) in [6, 6.07) is 11.7. The molecule has 0 saturated carbocycles. The van der Waals surface area contributed by atoms with Gasteiger partial charge in [-0.2, -0.15) is 5.10 Å². The number of hydrogen-bond donors (Lipinski definition) is 0. The summed E-state index contributed by atoms with van der Waals surface area (Å²) in [5.41, 5.74) is 6.12. The van der Waals surface area contributed by atoms with E-state index in [1.54, 1.807) is 30.9 Å². The Morgan fingerprint density at radius 1 is 0.974 bits per heavy atom. The number of ether oxygens (including phenoxy) is 4. The van der Waals surface area contributed by atoms with Crippen LogP contribution in [-0.2, 0) is 17.9 Å². The van der Waals surface area contributed by atoms with Gasteiger partial charge in [-0.25, -0.2) is 4.98 Å². The van der Waals surface area contributed by atoms with Gasteiger partial charge in [0.05, 0.1) is 39.3 Å². The van der Waals surface area contributed by atoms with E-state index in [0.29, 0.717) is 42.7 Å². The minimum atomic E-state index is -0.0182. The van der Waals surface area contributed by atoms with Crippen molar-refractivity contribution in [3.8, 4) is 34.3 Å². The van der Waals surface area contributed by atoms with Gasteiger partial charge in [0.15, 0.2) is 11.5 Å². The molecule has 198 valence electrons. The van der Waals surface area contributed by atoms with Gasteiger partial charge in [-0.15, -0.1) is 0 Å². The van der Waals surface area contributed by atoms with Gasteiger partial charge in [0.1, 0.15) is 30.2 Å². The molecule has 5 rings (SSSR count). The van der Waals surface area contributed by atoms with Crippen LogP contribution >= 0.6 is 0 Å². The van der Waals surface area contributed by atoms with Crippen LogP contribution in [0.2, 0.25) is 0 Å². The highest BCUT2D eigenvalue weighted by Gasteiger charge is 2.25. The summed E-state index contributed by atoms with van der Waals surface area (Å²) in [6.07, 6.45) is 0. The Bertz CT molecular complexity index is 1530. The van der Waals surface area contributed by atoms with E-state index >= 15 is 0 Å². The summed E-state index contributed by atoms with van der Waals surface area (Å²) in [7, 11) is 4.87. The number of nitrogens with zero attached hydrogens (tertiary/aromatic N) is 4. The third-order valence-corrected chi connectivity index (χ3v) is 6.87. The Hall–Kier alpha value is -4.27. The zero-order valence-electron chi connectivity index (χ0n) is 22.6. The van der Waals surface area contributed by atoms with E-state index in [4.69, 9.17) is 23.9 Å². The van der Waals surface area contributed by atoms with Crippen LogP contribution in [0.3, 0.4) is 0 Å². The molecule has 0 atom stereocenters. The molecule has 0 spiro atoms. The van der Waals surface area contributed by atoms with Crippen LogP contribution in [0.25, 0.3) is 22.2 Å². The topological polar surface area (TPSA) is 87.9 Å². The lowest BCUT2D eigenvalue weighted by molar-refractivity contribution is -0.132. The van der Waals surface area contributed by atoms with Crippen LogP contribution < -0.4 is 18.9 Å². The quantitative estimate of drug-likeness (QED) is 0.374. The molecule has 1 amide bonds. The lowest BCUT2D eigenvalue weighted by Crippen LogP contribution is -2.35. The zero-order chi connectivity index (χ0) is 27.0. The minimum Gasteiger partial charge on any atom is -0.497 e. The number of aromatic nitrogens is 3. The second-order valence-electron chi connectivity index (χ2n) is 9.47. The summed E-state index contributed by atoms with van der Waals surface area (Å²) in [4.78, 5) is 20.0. The van der Waals surface area contributed by atoms with Gasteiger partial charge in [0.25, 0.3) is 0 Å². The number of pyridine rings is 1. The Balaban J connectivity index is 1.53. The monoisotopic (exact) mass is 516 g/mol. The van der Waals surface area contributed by atoms with E-state index in [0.717, 1.165) is 44.7 Å². The van der Waals surface area contributed by atoms with E-state index in [1.165, 1.54) is 0 Å². The fraction of sp³-hybridized carbons (Fsp3) is 0.345. The predicted molar refractivity (Wildman–Crippen MR) is 144 cm³/mol. The maximum Gasteiger partial charge on any atom is 0.244 e. The maximum absolute atomic E-state index is 13.3. The van der Waals surface area contributed by atoms with Gasteiger partial charge in [0.2, 0.25) is 5.91 Å². The molecule has 1 aliphatic rings. The van der Waals surface area contributed by atoms with Crippen molar-refractivity contribution >= 4 is 16.8 Å². The van der Waals surface area contributed by atoms with Crippen LogP contribution in [-0.4, -0.2) is 60.1 Å². The highest BCUT2D eigenvalue weighted by molar-refractivity contribution is 5.91. The molecule has 0 fully saturated rings. The third kappa shape index (κ3) is 4.71. The van der Waals surface area contributed by atoms with E-state index < -0.39 is 0 Å². The number of methoxy groups -OCH3 is 3. The van der Waals surface area contributed by atoms with Crippen molar-refractivity contribution in [3.63, 3.8) is 0 Å². The number of carbonyl (C=O) groups is 1. The molecule has 0 unspecified atom stereocenters. The molecular formula is C29H32N4O5. The summed E-state index contributed by atoms with van der Waals surface area (Å²) >= 11 is 0. The van der Waals surface area contributed by atoms with E-state index in [-0.39, 0.29) is 12.5 Å². The molecule has 0 N–H and O–H groups in total. The molecule has 2 aromatic heterocycles. The normalized spacial score (nSPS) is 13.1. The maximum atomic E-state index is 13.3. The first-order chi connectivity index (χ1) is 18.3. The van der Waals surface area contributed by atoms with E-state index in [1.807, 2.05) is 57.2 Å². The fourth-order valence-corrected chi connectivity index (χ4v) is 4.91.